The highest BCUT2D eigenvalue weighted by molar-refractivity contribution is 5.32. The Balaban J connectivity index is 3.06. The Morgan fingerprint density at radius 2 is 1.86 bits per heavy atom. The molecule has 0 aromatic heterocycles. The van der Waals surface area contributed by atoms with Gasteiger partial charge in [0, 0.05) is 0 Å². The molecule has 1 rings (SSSR count). The highest BCUT2D eigenvalue weighted by Crippen LogP contribution is 2.24. The Labute approximate surface area is 80.5 Å². The van der Waals surface area contributed by atoms with Crippen molar-refractivity contribution in [1.29, 1.82) is 0 Å². The van der Waals surface area contributed by atoms with Gasteiger partial charge in [-0.25, -0.2) is 8.78 Å². The third kappa shape index (κ3) is 2.00. The van der Waals surface area contributed by atoms with E-state index in [0.717, 1.165) is 6.07 Å². The molecule has 0 amide bonds. The van der Waals surface area contributed by atoms with E-state index in [2.05, 4.69) is 6.92 Å². The minimum atomic E-state index is -1.50. The molecule has 0 aliphatic carbocycles. The molecule has 0 bridgehead atoms. The second kappa shape index (κ2) is 4.35. The molecule has 0 unspecified atom stereocenters. The molecule has 1 radical (unpaired) electrons. The third-order valence-corrected chi connectivity index (χ3v) is 1.70. The van der Waals surface area contributed by atoms with Crippen molar-refractivity contribution in [3.05, 3.63) is 36.0 Å². The lowest BCUT2D eigenvalue weighted by atomic mass is 10.2. The van der Waals surface area contributed by atoms with Crippen LogP contribution in [0, 0.1) is 31.3 Å². The van der Waals surface area contributed by atoms with Crippen molar-refractivity contribution in [3.63, 3.8) is 0 Å². The van der Waals surface area contributed by atoms with Gasteiger partial charge in [0.15, 0.2) is 17.4 Å². The summed E-state index contributed by atoms with van der Waals surface area (Å²) in [5.74, 6) is -4.24. The van der Waals surface area contributed by atoms with Crippen LogP contribution in [0.1, 0.15) is 12.0 Å². The molecule has 4 heteroatoms. The maximum absolute atomic E-state index is 13.0. The molecule has 0 saturated heterocycles. The van der Waals surface area contributed by atoms with Crippen LogP contribution < -0.4 is 4.74 Å². The third-order valence-electron chi connectivity index (χ3n) is 1.70. The van der Waals surface area contributed by atoms with Crippen molar-refractivity contribution in [1.82, 2.24) is 0 Å². The summed E-state index contributed by atoms with van der Waals surface area (Å²) in [5, 5.41) is 0. The number of hydrogen-bond acceptors (Lipinski definition) is 1. The van der Waals surface area contributed by atoms with Crippen LogP contribution in [0.15, 0.2) is 6.07 Å². The molecule has 1 aromatic carbocycles. The minimum absolute atomic E-state index is 0.0166. The summed E-state index contributed by atoms with van der Waals surface area (Å²) in [7, 11) is 0. The smallest absolute Gasteiger partial charge is 0.203 e. The molecule has 0 heterocycles. The van der Waals surface area contributed by atoms with Crippen LogP contribution in [0.4, 0.5) is 13.2 Å². The fourth-order valence-electron chi connectivity index (χ4n) is 0.988. The van der Waals surface area contributed by atoms with Crippen molar-refractivity contribution in [2.75, 3.05) is 6.61 Å². The Hall–Kier alpha value is -1.19. The van der Waals surface area contributed by atoms with Crippen molar-refractivity contribution in [2.45, 2.75) is 13.3 Å². The van der Waals surface area contributed by atoms with Crippen molar-refractivity contribution in [2.24, 2.45) is 0 Å². The van der Waals surface area contributed by atoms with Gasteiger partial charge in [0.2, 0.25) is 5.82 Å². The lowest BCUT2D eigenvalue weighted by molar-refractivity contribution is 0.296. The summed E-state index contributed by atoms with van der Waals surface area (Å²) in [6, 6.07) is 1.13. The number of hydrogen-bond donors (Lipinski definition) is 0. The van der Waals surface area contributed by atoms with Crippen LogP contribution in [0.3, 0.4) is 0 Å². The zero-order valence-corrected chi connectivity index (χ0v) is 7.74. The first-order valence-corrected chi connectivity index (χ1v) is 4.14. The normalized spacial score (nSPS) is 10.4. The molecule has 1 nitrogen and oxygen atoms in total. The molecule has 77 valence electrons. The monoisotopic (exact) mass is 203 g/mol. The number of ether oxygens (including phenoxy) is 1. The van der Waals surface area contributed by atoms with E-state index in [-0.39, 0.29) is 17.9 Å². The molecule has 0 spiro atoms. The molecule has 0 atom stereocenters. The van der Waals surface area contributed by atoms with Gasteiger partial charge in [0.05, 0.1) is 6.61 Å². The van der Waals surface area contributed by atoms with Gasteiger partial charge in [-0.05, 0) is 31.9 Å². The average molecular weight is 203 g/mol. The van der Waals surface area contributed by atoms with E-state index in [1.54, 1.807) is 0 Å². The summed E-state index contributed by atoms with van der Waals surface area (Å²) < 4.78 is 43.5. The van der Waals surface area contributed by atoms with E-state index < -0.39 is 17.5 Å². The first-order valence-electron chi connectivity index (χ1n) is 4.14. The lowest BCUT2D eigenvalue weighted by Crippen LogP contribution is -2.02. The lowest BCUT2D eigenvalue weighted by Gasteiger charge is -2.08. The Bertz CT molecular complexity index is 337. The Morgan fingerprint density at radius 1 is 1.21 bits per heavy atom. The number of benzene rings is 1. The zero-order valence-electron chi connectivity index (χ0n) is 7.74. The molecule has 14 heavy (non-hydrogen) atoms. The first-order chi connectivity index (χ1) is 6.57. The standard InChI is InChI=1S/C10H10F3O/c1-3-4-14-7-5-6(2)8(11)10(13)9(7)12/h5H,1,3-4H2,2H3. The fraction of sp³-hybridized carbons (Fsp3) is 0.300. The summed E-state index contributed by atoms with van der Waals surface area (Å²) in [6.45, 7) is 4.99. The van der Waals surface area contributed by atoms with E-state index in [1.165, 1.54) is 6.92 Å². The molecule has 1 aromatic rings. The quantitative estimate of drug-likeness (QED) is 0.686. The molecular formula is C10H10F3O. The fourth-order valence-corrected chi connectivity index (χ4v) is 0.988. The van der Waals surface area contributed by atoms with Gasteiger partial charge in [0.1, 0.15) is 0 Å². The van der Waals surface area contributed by atoms with E-state index in [0.29, 0.717) is 6.42 Å². The number of aryl methyl sites for hydroxylation is 1. The van der Waals surface area contributed by atoms with Crippen molar-refractivity contribution < 1.29 is 17.9 Å². The molecule has 0 N–H and O–H groups in total. The summed E-state index contributed by atoms with van der Waals surface area (Å²) in [5.41, 5.74) is 0.0166. The molecule has 0 aliphatic rings. The van der Waals surface area contributed by atoms with E-state index in [4.69, 9.17) is 4.74 Å². The van der Waals surface area contributed by atoms with E-state index in [9.17, 15) is 13.2 Å². The highest BCUT2D eigenvalue weighted by Gasteiger charge is 2.17. The SMILES string of the molecule is [CH2]CCOc1cc(C)c(F)c(F)c1F. The highest BCUT2D eigenvalue weighted by atomic mass is 19.2. The number of halogens is 3. The molecular weight excluding hydrogens is 193 g/mol. The van der Waals surface area contributed by atoms with Crippen LogP contribution in [0.5, 0.6) is 5.75 Å². The Morgan fingerprint density at radius 3 is 2.43 bits per heavy atom. The van der Waals surface area contributed by atoms with Crippen molar-refractivity contribution >= 4 is 0 Å². The van der Waals surface area contributed by atoms with Gasteiger partial charge in [-0.2, -0.15) is 4.39 Å². The zero-order chi connectivity index (χ0) is 10.7. The van der Waals surface area contributed by atoms with Crippen LogP contribution in [-0.4, -0.2) is 6.61 Å². The van der Waals surface area contributed by atoms with Gasteiger partial charge in [-0.1, -0.05) is 0 Å². The first kappa shape index (κ1) is 10.9. The van der Waals surface area contributed by atoms with Gasteiger partial charge in [-0.3, -0.25) is 0 Å². The summed E-state index contributed by atoms with van der Waals surface area (Å²) in [4.78, 5) is 0. The van der Waals surface area contributed by atoms with Gasteiger partial charge < -0.3 is 4.74 Å². The predicted octanol–water partition coefficient (Wildman–Crippen LogP) is 3.02. The topological polar surface area (TPSA) is 9.23 Å². The predicted molar refractivity (Wildman–Crippen MR) is 46.5 cm³/mol. The second-order valence-electron chi connectivity index (χ2n) is 2.84. The second-order valence-corrected chi connectivity index (χ2v) is 2.84. The van der Waals surface area contributed by atoms with Crippen LogP contribution in [0.2, 0.25) is 0 Å². The molecule has 0 saturated carbocycles. The van der Waals surface area contributed by atoms with Crippen LogP contribution in [-0.2, 0) is 0 Å². The minimum Gasteiger partial charge on any atom is -0.490 e. The van der Waals surface area contributed by atoms with Crippen LogP contribution in [0.25, 0.3) is 0 Å². The average Bonchev–Trinajstić information content (AvgIpc) is 2.18. The number of rotatable bonds is 3. The molecule has 0 fully saturated rings. The largest absolute Gasteiger partial charge is 0.490 e. The maximum Gasteiger partial charge on any atom is 0.203 e. The maximum atomic E-state index is 13.0. The van der Waals surface area contributed by atoms with Gasteiger partial charge in [-0.15, -0.1) is 0 Å². The summed E-state index contributed by atoms with van der Waals surface area (Å²) in [6.07, 6.45) is 0.428. The van der Waals surface area contributed by atoms with Gasteiger partial charge >= 0.3 is 0 Å². The Kier molecular flexibility index (Phi) is 3.38. The van der Waals surface area contributed by atoms with Crippen LogP contribution >= 0.6 is 0 Å². The van der Waals surface area contributed by atoms with E-state index >= 15 is 0 Å². The summed E-state index contributed by atoms with van der Waals surface area (Å²) >= 11 is 0. The van der Waals surface area contributed by atoms with E-state index in [1.807, 2.05) is 0 Å². The van der Waals surface area contributed by atoms with Gasteiger partial charge in [0.25, 0.3) is 0 Å². The molecule has 0 aliphatic heterocycles. The van der Waals surface area contributed by atoms with Crippen molar-refractivity contribution in [3.8, 4) is 5.75 Å².